The van der Waals surface area contributed by atoms with Crippen LogP contribution in [0.25, 0.3) is 0 Å². The van der Waals surface area contributed by atoms with E-state index in [4.69, 9.17) is 11.6 Å². The molecule has 0 saturated heterocycles. The van der Waals surface area contributed by atoms with Gasteiger partial charge >= 0.3 is 5.69 Å². The molecule has 9 heteroatoms. The molecule has 2 heterocycles. The highest BCUT2D eigenvalue weighted by Crippen LogP contribution is 2.34. The summed E-state index contributed by atoms with van der Waals surface area (Å²) in [6.07, 6.45) is 4.40. The van der Waals surface area contributed by atoms with Crippen molar-refractivity contribution < 1.29 is 4.92 Å². The normalized spacial score (nSPS) is 10.3. The Kier molecular flexibility index (Phi) is 4.71. The van der Waals surface area contributed by atoms with Gasteiger partial charge in [-0.2, -0.15) is 0 Å². The Bertz CT molecular complexity index is 920. The molecular weight excluding hydrogens is 344 g/mol. The zero-order valence-electron chi connectivity index (χ0n) is 13.1. The molecule has 3 aromatic rings. The molecule has 0 amide bonds. The summed E-state index contributed by atoms with van der Waals surface area (Å²) in [6.45, 7) is 1.86. The van der Waals surface area contributed by atoms with Gasteiger partial charge in [0.25, 0.3) is 0 Å². The van der Waals surface area contributed by atoms with Crippen LogP contribution in [0.4, 0.5) is 28.7 Å². The van der Waals surface area contributed by atoms with Crippen LogP contribution in [0.15, 0.2) is 49.1 Å². The number of aryl methyl sites for hydroxylation is 1. The Morgan fingerprint density at radius 1 is 1.08 bits per heavy atom. The molecule has 0 spiro atoms. The molecule has 0 unspecified atom stereocenters. The maximum Gasteiger partial charge on any atom is 0.353 e. The fraction of sp³-hybridized carbons (Fsp3) is 0.0625. The number of benzene rings is 1. The first-order valence-corrected chi connectivity index (χ1v) is 7.62. The van der Waals surface area contributed by atoms with Crippen LogP contribution >= 0.6 is 11.6 Å². The number of anilines is 4. The van der Waals surface area contributed by atoms with Crippen molar-refractivity contribution in [1.29, 1.82) is 0 Å². The molecule has 0 bridgehead atoms. The second-order valence-electron chi connectivity index (χ2n) is 5.12. The van der Waals surface area contributed by atoms with Gasteiger partial charge in [0.1, 0.15) is 6.33 Å². The van der Waals surface area contributed by atoms with Crippen LogP contribution in [0.1, 0.15) is 5.56 Å². The molecule has 8 nitrogen and oxygen atoms in total. The standard InChI is InChI=1S/C16H13ClN6O2/c1-10-2-3-11(17)8-13(10)22-16-14(23(24)25)15(19-9-20-16)21-12-4-6-18-7-5-12/h2-9H,1H3,(H2,18,19,20,21,22). The summed E-state index contributed by atoms with van der Waals surface area (Å²) < 4.78 is 0. The van der Waals surface area contributed by atoms with Crippen molar-refractivity contribution in [3.8, 4) is 0 Å². The molecule has 0 aliphatic carbocycles. The molecule has 1 aromatic carbocycles. The first kappa shape index (κ1) is 16.6. The minimum atomic E-state index is -0.536. The molecule has 2 aromatic heterocycles. The minimum Gasteiger partial charge on any atom is -0.334 e. The highest BCUT2D eigenvalue weighted by Gasteiger charge is 2.23. The summed E-state index contributed by atoms with van der Waals surface area (Å²) in [5, 5.41) is 18.0. The van der Waals surface area contributed by atoms with Gasteiger partial charge in [0, 0.05) is 28.8 Å². The van der Waals surface area contributed by atoms with E-state index < -0.39 is 4.92 Å². The van der Waals surface area contributed by atoms with Gasteiger partial charge in [-0.3, -0.25) is 15.1 Å². The van der Waals surface area contributed by atoms with Gasteiger partial charge in [0.05, 0.1) is 4.92 Å². The lowest BCUT2D eigenvalue weighted by Gasteiger charge is -2.11. The quantitative estimate of drug-likeness (QED) is 0.520. The number of hydrogen-bond acceptors (Lipinski definition) is 7. The predicted octanol–water partition coefficient (Wildman–Crippen LogP) is 4.23. The Morgan fingerprint density at radius 2 is 1.76 bits per heavy atom. The minimum absolute atomic E-state index is 0.0712. The Hall–Kier alpha value is -3.26. The topological polar surface area (TPSA) is 106 Å². The van der Waals surface area contributed by atoms with E-state index in [1.807, 2.05) is 13.0 Å². The number of nitrogens with one attached hydrogen (secondary N) is 2. The lowest BCUT2D eigenvalue weighted by molar-refractivity contribution is -0.383. The molecule has 0 radical (unpaired) electrons. The third kappa shape index (κ3) is 3.81. The number of aromatic nitrogens is 3. The second kappa shape index (κ2) is 7.10. The maximum absolute atomic E-state index is 11.6. The molecule has 0 saturated carbocycles. The first-order chi connectivity index (χ1) is 12.0. The summed E-state index contributed by atoms with van der Waals surface area (Å²) in [5.74, 6) is 0.148. The predicted molar refractivity (Wildman–Crippen MR) is 95.7 cm³/mol. The van der Waals surface area contributed by atoms with Crippen LogP contribution in [-0.2, 0) is 0 Å². The molecule has 126 valence electrons. The van der Waals surface area contributed by atoms with Gasteiger partial charge in [0.15, 0.2) is 0 Å². The molecule has 3 rings (SSSR count). The van der Waals surface area contributed by atoms with Crippen molar-refractivity contribution in [2.45, 2.75) is 6.92 Å². The van der Waals surface area contributed by atoms with Gasteiger partial charge in [-0.05, 0) is 36.8 Å². The molecular formula is C16H13ClN6O2. The third-order valence-electron chi connectivity index (χ3n) is 3.40. The van der Waals surface area contributed by atoms with Crippen LogP contribution in [0.5, 0.6) is 0 Å². The number of nitro groups is 1. The van der Waals surface area contributed by atoms with E-state index in [9.17, 15) is 10.1 Å². The average molecular weight is 357 g/mol. The van der Waals surface area contributed by atoms with Gasteiger partial charge in [0.2, 0.25) is 11.6 Å². The maximum atomic E-state index is 11.6. The van der Waals surface area contributed by atoms with E-state index >= 15 is 0 Å². The fourth-order valence-electron chi connectivity index (χ4n) is 2.16. The molecule has 25 heavy (non-hydrogen) atoms. The van der Waals surface area contributed by atoms with Crippen molar-refractivity contribution in [2.24, 2.45) is 0 Å². The average Bonchev–Trinajstić information content (AvgIpc) is 2.59. The van der Waals surface area contributed by atoms with E-state index in [1.165, 1.54) is 6.33 Å². The first-order valence-electron chi connectivity index (χ1n) is 7.24. The number of hydrogen-bond donors (Lipinski definition) is 2. The zero-order valence-corrected chi connectivity index (χ0v) is 13.9. The van der Waals surface area contributed by atoms with Crippen molar-refractivity contribution in [2.75, 3.05) is 10.6 Å². The molecule has 0 fully saturated rings. The lowest BCUT2D eigenvalue weighted by Crippen LogP contribution is -2.06. The van der Waals surface area contributed by atoms with Crippen LogP contribution in [0, 0.1) is 17.0 Å². The summed E-state index contributed by atoms with van der Waals surface area (Å²) in [5.41, 5.74) is 1.87. The Morgan fingerprint density at radius 3 is 2.44 bits per heavy atom. The summed E-state index contributed by atoms with van der Waals surface area (Å²) >= 11 is 6.00. The second-order valence-corrected chi connectivity index (χ2v) is 5.56. The fourth-order valence-corrected chi connectivity index (χ4v) is 2.34. The zero-order chi connectivity index (χ0) is 17.8. The van der Waals surface area contributed by atoms with Crippen LogP contribution < -0.4 is 10.6 Å². The molecule has 0 atom stereocenters. The van der Waals surface area contributed by atoms with E-state index in [1.54, 1.807) is 36.7 Å². The number of rotatable bonds is 5. The van der Waals surface area contributed by atoms with Gasteiger partial charge < -0.3 is 10.6 Å². The van der Waals surface area contributed by atoms with Gasteiger partial charge in [-0.1, -0.05) is 17.7 Å². The van der Waals surface area contributed by atoms with Crippen molar-refractivity contribution in [3.05, 3.63) is 69.8 Å². The van der Waals surface area contributed by atoms with Crippen molar-refractivity contribution in [1.82, 2.24) is 15.0 Å². The molecule has 2 N–H and O–H groups in total. The Balaban J connectivity index is 2.01. The van der Waals surface area contributed by atoms with Crippen molar-refractivity contribution >= 4 is 40.3 Å². The van der Waals surface area contributed by atoms with Crippen molar-refractivity contribution in [3.63, 3.8) is 0 Å². The Labute approximate surface area is 148 Å². The smallest absolute Gasteiger partial charge is 0.334 e. The summed E-state index contributed by atoms with van der Waals surface area (Å²) in [4.78, 5) is 22.9. The van der Waals surface area contributed by atoms with Gasteiger partial charge in [-0.15, -0.1) is 0 Å². The largest absolute Gasteiger partial charge is 0.353 e. The highest BCUT2D eigenvalue weighted by molar-refractivity contribution is 6.30. The molecule has 0 aliphatic rings. The highest BCUT2D eigenvalue weighted by atomic mass is 35.5. The summed E-state index contributed by atoms with van der Waals surface area (Å²) in [7, 11) is 0. The molecule has 0 aliphatic heterocycles. The number of halogens is 1. The van der Waals surface area contributed by atoms with Crippen LogP contribution in [0.2, 0.25) is 5.02 Å². The van der Waals surface area contributed by atoms with E-state index in [0.29, 0.717) is 16.4 Å². The van der Waals surface area contributed by atoms with Gasteiger partial charge in [-0.25, -0.2) is 9.97 Å². The third-order valence-corrected chi connectivity index (χ3v) is 3.64. The SMILES string of the molecule is Cc1ccc(Cl)cc1Nc1ncnc(Nc2ccncc2)c1[N+](=O)[O-]. The van der Waals surface area contributed by atoms with E-state index in [-0.39, 0.29) is 17.3 Å². The lowest BCUT2D eigenvalue weighted by atomic mass is 10.2. The number of pyridine rings is 1. The van der Waals surface area contributed by atoms with E-state index in [0.717, 1.165) is 5.56 Å². The summed E-state index contributed by atoms with van der Waals surface area (Å²) in [6, 6.07) is 8.60. The monoisotopic (exact) mass is 356 g/mol. The number of nitrogens with zero attached hydrogens (tertiary/aromatic N) is 4. The van der Waals surface area contributed by atoms with Crippen LogP contribution in [0.3, 0.4) is 0 Å². The van der Waals surface area contributed by atoms with E-state index in [2.05, 4.69) is 25.6 Å². The van der Waals surface area contributed by atoms with Crippen LogP contribution in [-0.4, -0.2) is 19.9 Å².